The predicted molar refractivity (Wildman–Crippen MR) is 135 cm³/mol. The zero-order valence-electron chi connectivity index (χ0n) is 18.0. The van der Waals surface area contributed by atoms with Crippen LogP contribution in [-0.2, 0) is 4.74 Å². The number of ether oxygens (including phenoxy) is 2. The van der Waals surface area contributed by atoms with Gasteiger partial charge in [0.05, 0.1) is 26.0 Å². The molecule has 170 valence electrons. The molecule has 0 radical (unpaired) electrons. The first kappa shape index (κ1) is 25.3. The van der Waals surface area contributed by atoms with Crippen molar-refractivity contribution >= 4 is 47.2 Å². The normalized spacial score (nSPS) is 20.0. The van der Waals surface area contributed by atoms with Gasteiger partial charge in [-0.3, -0.25) is 9.89 Å². The van der Waals surface area contributed by atoms with Crippen molar-refractivity contribution in [1.29, 1.82) is 0 Å². The topological polar surface area (TPSA) is 61.4 Å². The lowest BCUT2D eigenvalue weighted by molar-refractivity contribution is 0.0377. The highest BCUT2D eigenvalue weighted by Gasteiger charge is 2.25. The van der Waals surface area contributed by atoms with Gasteiger partial charge in [0.15, 0.2) is 5.96 Å². The molecule has 2 saturated heterocycles. The van der Waals surface area contributed by atoms with Crippen LogP contribution in [0.15, 0.2) is 23.2 Å². The van der Waals surface area contributed by atoms with E-state index < -0.39 is 0 Å². The Morgan fingerprint density at radius 3 is 2.83 bits per heavy atom. The molecule has 2 N–H and O–H groups in total. The molecule has 7 nitrogen and oxygen atoms in total. The SMILES string of the molecule is CCNC(=NCCCN1CCOCC1)NC1CCN(c2cc(Cl)ccc2OC)C1.I. The fourth-order valence-electron chi connectivity index (χ4n) is 3.83. The monoisotopic (exact) mass is 551 g/mol. The summed E-state index contributed by atoms with van der Waals surface area (Å²) >= 11 is 6.20. The van der Waals surface area contributed by atoms with Crippen molar-refractivity contribution in [1.82, 2.24) is 15.5 Å². The van der Waals surface area contributed by atoms with E-state index in [9.17, 15) is 0 Å². The molecule has 0 aliphatic carbocycles. The maximum absolute atomic E-state index is 6.20. The van der Waals surface area contributed by atoms with E-state index in [1.165, 1.54) is 0 Å². The molecule has 1 aromatic rings. The van der Waals surface area contributed by atoms with Crippen molar-refractivity contribution in [3.05, 3.63) is 23.2 Å². The van der Waals surface area contributed by atoms with Crippen molar-refractivity contribution in [3.8, 4) is 5.75 Å². The Morgan fingerprint density at radius 1 is 1.30 bits per heavy atom. The lowest BCUT2D eigenvalue weighted by Gasteiger charge is -2.26. The Bertz CT molecular complexity index is 673. The highest BCUT2D eigenvalue weighted by atomic mass is 127. The smallest absolute Gasteiger partial charge is 0.191 e. The number of morpholine rings is 1. The van der Waals surface area contributed by atoms with Crippen LogP contribution in [-0.4, -0.2) is 83.0 Å². The third-order valence-electron chi connectivity index (χ3n) is 5.36. The van der Waals surface area contributed by atoms with E-state index in [0.717, 1.165) is 94.3 Å². The van der Waals surface area contributed by atoms with Crippen LogP contribution >= 0.6 is 35.6 Å². The number of benzene rings is 1. The minimum absolute atomic E-state index is 0. The number of methoxy groups -OCH3 is 1. The Hall–Kier alpha value is -0.970. The van der Waals surface area contributed by atoms with Crippen LogP contribution in [0.4, 0.5) is 5.69 Å². The second-order valence-electron chi connectivity index (χ2n) is 7.46. The number of guanidine groups is 1. The molecule has 1 unspecified atom stereocenters. The van der Waals surface area contributed by atoms with Gasteiger partial charge in [-0.2, -0.15) is 0 Å². The van der Waals surface area contributed by atoms with E-state index in [-0.39, 0.29) is 24.0 Å². The number of hydrogen-bond donors (Lipinski definition) is 2. The second-order valence-corrected chi connectivity index (χ2v) is 7.90. The summed E-state index contributed by atoms with van der Waals surface area (Å²) in [7, 11) is 1.70. The molecular weight excluding hydrogens is 517 g/mol. The summed E-state index contributed by atoms with van der Waals surface area (Å²) in [6, 6.07) is 6.12. The van der Waals surface area contributed by atoms with Crippen LogP contribution in [0.2, 0.25) is 5.02 Å². The molecule has 9 heteroatoms. The number of anilines is 1. The number of rotatable bonds is 8. The number of halogens is 2. The Balaban J connectivity index is 0.00000320. The van der Waals surface area contributed by atoms with Crippen molar-refractivity contribution in [2.75, 3.05) is 71.0 Å². The maximum Gasteiger partial charge on any atom is 0.191 e. The third-order valence-corrected chi connectivity index (χ3v) is 5.60. The summed E-state index contributed by atoms with van der Waals surface area (Å²) in [6.07, 6.45) is 2.11. The number of nitrogens with one attached hydrogen (secondary N) is 2. The van der Waals surface area contributed by atoms with E-state index >= 15 is 0 Å². The number of nitrogens with zero attached hydrogens (tertiary/aromatic N) is 3. The van der Waals surface area contributed by atoms with Gasteiger partial charge in [0, 0.05) is 56.9 Å². The summed E-state index contributed by atoms with van der Waals surface area (Å²) in [6.45, 7) is 10.5. The second kappa shape index (κ2) is 13.4. The summed E-state index contributed by atoms with van der Waals surface area (Å²) in [4.78, 5) is 9.55. The maximum atomic E-state index is 6.20. The molecule has 0 saturated carbocycles. The van der Waals surface area contributed by atoms with Gasteiger partial charge in [-0.1, -0.05) is 11.6 Å². The van der Waals surface area contributed by atoms with E-state index in [1.807, 2.05) is 18.2 Å². The first-order valence-corrected chi connectivity index (χ1v) is 11.0. The fourth-order valence-corrected chi connectivity index (χ4v) is 4.00. The van der Waals surface area contributed by atoms with Gasteiger partial charge in [-0.05, 0) is 38.0 Å². The molecule has 0 amide bonds. The van der Waals surface area contributed by atoms with Crippen LogP contribution in [0, 0.1) is 0 Å². The van der Waals surface area contributed by atoms with E-state index in [4.69, 9.17) is 26.1 Å². The van der Waals surface area contributed by atoms with Crippen molar-refractivity contribution in [3.63, 3.8) is 0 Å². The molecule has 0 aromatic heterocycles. The minimum atomic E-state index is 0. The van der Waals surface area contributed by atoms with E-state index in [1.54, 1.807) is 7.11 Å². The lowest BCUT2D eigenvalue weighted by atomic mass is 10.2. The van der Waals surface area contributed by atoms with Gasteiger partial charge in [-0.25, -0.2) is 0 Å². The first-order valence-electron chi connectivity index (χ1n) is 10.6. The molecular formula is C21H35ClIN5O2. The third kappa shape index (κ3) is 7.62. The largest absolute Gasteiger partial charge is 0.495 e. The van der Waals surface area contributed by atoms with E-state index in [2.05, 4.69) is 27.4 Å². The summed E-state index contributed by atoms with van der Waals surface area (Å²) < 4.78 is 10.9. The average Bonchev–Trinajstić information content (AvgIpc) is 3.20. The standard InChI is InChI=1S/C21H34ClN5O2.HI/c1-3-23-21(24-8-4-9-26-11-13-29-14-12-26)25-18-7-10-27(16-18)19-15-17(22)5-6-20(19)28-2;/h5-6,15,18H,3-4,7-14,16H2,1-2H3,(H2,23,24,25);1H. The Morgan fingerprint density at radius 2 is 2.10 bits per heavy atom. The molecule has 2 aliphatic rings. The van der Waals surface area contributed by atoms with Crippen molar-refractivity contribution in [2.24, 2.45) is 4.99 Å². The zero-order chi connectivity index (χ0) is 20.5. The number of hydrogen-bond acceptors (Lipinski definition) is 5. The Labute approximate surface area is 202 Å². The van der Waals surface area contributed by atoms with Gasteiger partial charge < -0.3 is 25.0 Å². The fraction of sp³-hybridized carbons (Fsp3) is 0.667. The van der Waals surface area contributed by atoms with Gasteiger partial charge in [0.2, 0.25) is 0 Å². The van der Waals surface area contributed by atoms with E-state index in [0.29, 0.717) is 6.04 Å². The predicted octanol–water partition coefficient (Wildman–Crippen LogP) is 2.82. The molecule has 0 spiro atoms. The zero-order valence-corrected chi connectivity index (χ0v) is 21.1. The molecule has 1 aromatic carbocycles. The molecule has 1 atom stereocenters. The molecule has 2 aliphatic heterocycles. The first-order chi connectivity index (χ1) is 14.2. The van der Waals surface area contributed by atoms with Crippen LogP contribution in [0.5, 0.6) is 5.75 Å². The number of aliphatic imine (C=N–C) groups is 1. The summed E-state index contributed by atoms with van der Waals surface area (Å²) in [5, 5.41) is 7.70. The van der Waals surface area contributed by atoms with Gasteiger partial charge in [0.25, 0.3) is 0 Å². The highest BCUT2D eigenvalue weighted by Crippen LogP contribution is 2.33. The average molecular weight is 552 g/mol. The van der Waals surface area contributed by atoms with Crippen LogP contribution in [0.3, 0.4) is 0 Å². The molecule has 3 rings (SSSR count). The summed E-state index contributed by atoms with van der Waals surface area (Å²) in [5.41, 5.74) is 1.05. The van der Waals surface area contributed by atoms with Crippen LogP contribution in [0.25, 0.3) is 0 Å². The molecule has 0 bridgehead atoms. The Kier molecular flexibility index (Phi) is 11.3. The molecule has 30 heavy (non-hydrogen) atoms. The van der Waals surface area contributed by atoms with Crippen molar-refractivity contribution in [2.45, 2.75) is 25.8 Å². The van der Waals surface area contributed by atoms with Gasteiger partial charge in [-0.15, -0.1) is 24.0 Å². The highest BCUT2D eigenvalue weighted by molar-refractivity contribution is 14.0. The summed E-state index contributed by atoms with van der Waals surface area (Å²) in [5.74, 6) is 1.76. The van der Waals surface area contributed by atoms with Gasteiger partial charge >= 0.3 is 0 Å². The van der Waals surface area contributed by atoms with Crippen molar-refractivity contribution < 1.29 is 9.47 Å². The minimum Gasteiger partial charge on any atom is -0.495 e. The quantitative estimate of drug-likeness (QED) is 0.224. The van der Waals surface area contributed by atoms with Crippen LogP contribution in [0.1, 0.15) is 19.8 Å². The van der Waals surface area contributed by atoms with Gasteiger partial charge in [0.1, 0.15) is 5.75 Å². The molecule has 2 fully saturated rings. The molecule has 2 heterocycles. The lowest BCUT2D eigenvalue weighted by Crippen LogP contribution is -2.44. The van der Waals surface area contributed by atoms with Crippen LogP contribution < -0.4 is 20.3 Å².